The molecule has 0 fully saturated rings. The highest BCUT2D eigenvalue weighted by Crippen LogP contribution is 2.23. The highest BCUT2D eigenvalue weighted by atomic mass is 19.1. The van der Waals surface area contributed by atoms with Gasteiger partial charge in [-0.3, -0.25) is 0 Å². The van der Waals surface area contributed by atoms with Crippen LogP contribution in [0.4, 0.5) is 4.39 Å². The van der Waals surface area contributed by atoms with Gasteiger partial charge in [0.25, 0.3) is 0 Å². The predicted octanol–water partition coefficient (Wildman–Crippen LogP) is 2.75. The zero-order chi connectivity index (χ0) is 15.3. The number of aliphatic hydroxyl groups is 1. The number of aliphatic hydroxyl groups excluding tert-OH is 1. The zero-order valence-corrected chi connectivity index (χ0v) is 12.1. The van der Waals surface area contributed by atoms with E-state index >= 15 is 0 Å². The molecule has 0 aliphatic carbocycles. The fourth-order valence-electron chi connectivity index (χ4n) is 2.10. The van der Waals surface area contributed by atoms with Gasteiger partial charge in [-0.1, -0.05) is 36.4 Å². The Kier molecular flexibility index (Phi) is 4.94. The second kappa shape index (κ2) is 6.70. The minimum Gasteiger partial charge on any atom is -0.493 e. The van der Waals surface area contributed by atoms with Crippen molar-refractivity contribution in [1.82, 2.24) is 0 Å². The molecular formula is C17H20FNO2. The van der Waals surface area contributed by atoms with Crippen LogP contribution in [-0.2, 0) is 5.54 Å². The van der Waals surface area contributed by atoms with E-state index in [0.717, 1.165) is 5.56 Å². The Labute approximate surface area is 124 Å². The Hall–Kier alpha value is -1.91. The number of halogens is 1. The molecule has 0 aliphatic rings. The lowest BCUT2D eigenvalue weighted by Crippen LogP contribution is -2.41. The molecule has 3 N–H and O–H groups in total. The van der Waals surface area contributed by atoms with Gasteiger partial charge in [0, 0.05) is 12.5 Å². The summed E-state index contributed by atoms with van der Waals surface area (Å²) in [6.45, 7) is 1.82. The van der Waals surface area contributed by atoms with Gasteiger partial charge in [-0.25, -0.2) is 4.39 Å². The van der Waals surface area contributed by atoms with E-state index in [1.165, 1.54) is 6.07 Å². The van der Waals surface area contributed by atoms with Crippen LogP contribution in [0.1, 0.15) is 17.5 Å². The average Bonchev–Trinajstić information content (AvgIpc) is 2.51. The van der Waals surface area contributed by atoms with Crippen molar-refractivity contribution >= 4 is 0 Å². The third kappa shape index (κ3) is 3.80. The number of hydrogen-bond donors (Lipinski definition) is 2. The number of benzene rings is 2. The van der Waals surface area contributed by atoms with Gasteiger partial charge < -0.3 is 15.6 Å². The van der Waals surface area contributed by atoms with Crippen LogP contribution in [0.25, 0.3) is 0 Å². The summed E-state index contributed by atoms with van der Waals surface area (Å²) in [5, 5.41) is 9.58. The number of hydrogen-bond acceptors (Lipinski definition) is 3. The molecule has 1 unspecified atom stereocenters. The standard InChI is InChI=1S/C17H20FNO2/c1-13-7-8-15(11-16(13)18)21-10-9-17(19,12-20)14-5-3-2-4-6-14/h2-8,11,20H,9-10,12,19H2,1H3. The lowest BCUT2D eigenvalue weighted by atomic mass is 9.89. The first kappa shape index (κ1) is 15.5. The van der Waals surface area contributed by atoms with Gasteiger partial charge in [-0.15, -0.1) is 0 Å². The van der Waals surface area contributed by atoms with E-state index < -0.39 is 5.54 Å². The number of ether oxygens (including phenoxy) is 1. The van der Waals surface area contributed by atoms with Crippen LogP contribution in [0, 0.1) is 12.7 Å². The van der Waals surface area contributed by atoms with Crippen molar-refractivity contribution in [3.8, 4) is 5.75 Å². The van der Waals surface area contributed by atoms with Crippen LogP contribution in [0.5, 0.6) is 5.75 Å². The summed E-state index contributed by atoms with van der Waals surface area (Å²) in [4.78, 5) is 0. The van der Waals surface area contributed by atoms with Crippen LogP contribution in [0.3, 0.4) is 0 Å². The monoisotopic (exact) mass is 289 g/mol. The maximum absolute atomic E-state index is 13.4. The first-order valence-electron chi connectivity index (χ1n) is 6.89. The first-order chi connectivity index (χ1) is 10.0. The van der Waals surface area contributed by atoms with Crippen molar-refractivity contribution in [2.75, 3.05) is 13.2 Å². The molecule has 0 radical (unpaired) electrons. The van der Waals surface area contributed by atoms with Gasteiger partial charge in [0.15, 0.2) is 0 Å². The van der Waals surface area contributed by atoms with Crippen LogP contribution in [-0.4, -0.2) is 18.3 Å². The molecule has 2 rings (SSSR count). The second-order valence-corrected chi connectivity index (χ2v) is 5.19. The second-order valence-electron chi connectivity index (χ2n) is 5.19. The minimum atomic E-state index is -0.857. The number of nitrogens with two attached hydrogens (primary N) is 1. The molecule has 0 bridgehead atoms. The first-order valence-corrected chi connectivity index (χ1v) is 6.89. The molecule has 0 aliphatic heterocycles. The van der Waals surface area contributed by atoms with E-state index in [1.54, 1.807) is 19.1 Å². The summed E-state index contributed by atoms with van der Waals surface area (Å²) < 4.78 is 19.0. The summed E-state index contributed by atoms with van der Waals surface area (Å²) in [5.41, 5.74) is 6.81. The summed E-state index contributed by atoms with van der Waals surface area (Å²) >= 11 is 0. The highest BCUT2D eigenvalue weighted by molar-refractivity contribution is 5.28. The smallest absolute Gasteiger partial charge is 0.129 e. The Bertz CT molecular complexity index is 589. The maximum atomic E-state index is 13.4. The lowest BCUT2D eigenvalue weighted by molar-refractivity contribution is 0.162. The zero-order valence-electron chi connectivity index (χ0n) is 12.1. The Morgan fingerprint density at radius 3 is 2.52 bits per heavy atom. The predicted molar refractivity (Wildman–Crippen MR) is 80.6 cm³/mol. The van der Waals surface area contributed by atoms with E-state index in [4.69, 9.17) is 10.5 Å². The fraction of sp³-hybridized carbons (Fsp3) is 0.294. The van der Waals surface area contributed by atoms with Crippen molar-refractivity contribution in [1.29, 1.82) is 0 Å². The molecule has 0 aromatic heterocycles. The van der Waals surface area contributed by atoms with Gasteiger partial charge in [0.05, 0.1) is 18.8 Å². The molecule has 112 valence electrons. The van der Waals surface area contributed by atoms with Gasteiger partial charge in [0.1, 0.15) is 11.6 Å². The van der Waals surface area contributed by atoms with Crippen molar-refractivity contribution < 1.29 is 14.2 Å². The topological polar surface area (TPSA) is 55.5 Å². The molecule has 2 aromatic rings. The van der Waals surface area contributed by atoms with Crippen LogP contribution < -0.4 is 10.5 Å². The van der Waals surface area contributed by atoms with E-state index in [-0.39, 0.29) is 12.4 Å². The quantitative estimate of drug-likeness (QED) is 0.859. The number of aryl methyl sites for hydroxylation is 1. The van der Waals surface area contributed by atoms with E-state index in [2.05, 4.69) is 0 Å². The molecule has 2 aromatic carbocycles. The molecule has 21 heavy (non-hydrogen) atoms. The molecule has 0 amide bonds. The van der Waals surface area contributed by atoms with Gasteiger partial charge in [0.2, 0.25) is 0 Å². The Morgan fingerprint density at radius 2 is 1.90 bits per heavy atom. The van der Waals surface area contributed by atoms with Crippen molar-refractivity contribution in [2.24, 2.45) is 5.73 Å². The minimum absolute atomic E-state index is 0.178. The normalized spacial score (nSPS) is 13.7. The van der Waals surface area contributed by atoms with Gasteiger partial charge >= 0.3 is 0 Å². The van der Waals surface area contributed by atoms with E-state index in [9.17, 15) is 9.50 Å². The number of rotatable bonds is 6. The Morgan fingerprint density at radius 1 is 1.19 bits per heavy atom. The van der Waals surface area contributed by atoms with E-state index in [1.807, 2.05) is 30.3 Å². The SMILES string of the molecule is Cc1ccc(OCCC(N)(CO)c2ccccc2)cc1F. The summed E-state index contributed by atoms with van der Waals surface area (Å²) in [6, 6.07) is 14.2. The molecule has 0 saturated heterocycles. The Balaban J connectivity index is 1.99. The molecule has 0 saturated carbocycles. The van der Waals surface area contributed by atoms with Gasteiger partial charge in [-0.05, 0) is 24.1 Å². The molecule has 3 nitrogen and oxygen atoms in total. The van der Waals surface area contributed by atoms with Crippen molar-refractivity contribution in [2.45, 2.75) is 18.9 Å². The van der Waals surface area contributed by atoms with Gasteiger partial charge in [-0.2, -0.15) is 0 Å². The van der Waals surface area contributed by atoms with Crippen LogP contribution in [0.2, 0.25) is 0 Å². The summed E-state index contributed by atoms with van der Waals surface area (Å²) in [7, 11) is 0. The van der Waals surface area contributed by atoms with Crippen molar-refractivity contribution in [3.63, 3.8) is 0 Å². The van der Waals surface area contributed by atoms with Crippen molar-refractivity contribution in [3.05, 3.63) is 65.5 Å². The fourth-order valence-corrected chi connectivity index (χ4v) is 2.10. The lowest BCUT2D eigenvalue weighted by Gasteiger charge is -2.27. The molecule has 1 atom stereocenters. The third-order valence-electron chi connectivity index (χ3n) is 3.59. The average molecular weight is 289 g/mol. The largest absolute Gasteiger partial charge is 0.493 e. The highest BCUT2D eigenvalue weighted by Gasteiger charge is 2.26. The molecule has 0 spiro atoms. The van der Waals surface area contributed by atoms with E-state index in [0.29, 0.717) is 24.3 Å². The van der Waals surface area contributed by atoms with Crippen LogP contribution in [0.15, 0.2) is 48.5 Å². The van der Waals surface area contributed by atoms with Crippen LogP contribution >= 0.6 is 0 Å². The molecular weight excluding hydrogens is 269 g/mol. The third-order valence-corrected chi connectivity index (χ3v) is 3.59. The molecule has 4 heteroatoms. The maximum Gasteiger partial charge on any atom is 0.129 e. The molecule has 0 heterocycles. The summed E-state index contributed by atoms with van der Waals surface area (Å²) in [5.74, 6) is 0.170. The summed E-state index contributed by atoms with van der Waals surface area (Å²) in [6.07, 6.45) is 0.434.